The fourth-order valence-electron chi connectivity index (χ4n) is 4.03. The number of non-ortho nitro benzene ring substituents is 1. The lowest BCUT2D eigenvalue weighted by Crippen LogP contribution is -2.39. The van der Waals surface area contributed by atoms with E-state index in [1.165, 1.54) is 19.2 Å². The quantitative estimate of drug-likeness (QED) is 0.327. The Hall–Kier alpha value is -4.60. The van der Waals surface area contributed by atoms with Gasteiger partial charge in [-0.3, -0.25) is 20.2 Å². The van der Waals surface area contributed by atoms with Gasteiger partial charge in [-0.2, -0.15) is 0 Å². The number of hydrogen-bond donors (Lipinski definition) is 2. The van der Waals surface area contributed by atoms with Crippen molar-refractivity contribution >= 4 is 46.1 Å². The largest absolute Gasteiger partial charge is 0.452 e. The molecule has 4 rings (SSSR count). The molecule has 1 aromatic heterocycles. The first-order chi connectivity index (χ1) is 16.9. The first-order valence-corrected chi connectivity index (χ1v) is 10.9. The molecule has 178 valence electrons. The number of benzene rings is 2. The number of nitro benzene ring substituents is 1. The van der Waals surface area contributed by atoms with Crippen molar-refractivity contribution in [2.75, 3.05) is 13.7 Å². The smallest absolute Gasteiger partial charge is 0.339 e. The van der Waals surface area contributed by atoms with Crippen molar-refractivity contribution in [3.8, 4) is 0 Å². The molecule has 0 atom stereocenters. The highest BCUT2D eigenvalue weighted by Gasteiger charge is 2.26. The van der Waals surface area contributed by atoms with Crippen molar-refractivity contribution < 1.29 is 24.0 Å². The van der Waals surface area contributed by atoms with Crippen LogP contribution in [0.4, 0.5) is 10.5 Å². The zero-order chi connectivity index (χ0) is 24.9. The Kier molecular flexibility index (Phi) is 6.81. The van der Waals surface area contributed by atoms with E-state index in [0.717, 1.165) is 29.5 Å². The second-order valence-electron chi connectivity index (χ2n) is 7.91. The number of urea groups is 1. The molecule has 3 amide bonds. The Bertz CT molecular complexity index is 1360. The average Bonchev–Trinajstić information content (AvgIpc) is 2.86. The molecule has 0 saturated carbocycles. The molecule has 0 fully saturated rings. The number of carbonyl (C=O) groups excluding carboxylic acids is 3. The fourth-order valence-corrected chi connectivity index (χ4v) is 4.03. The van der Waals surface area contributed by atoms with Gasteiger partial charge in [-0.15, -0.1) is 0 Å². The normalized spacial score (nSPS) is 13.7. The molecule has 0 saturated heterocycles. The predicted octanol–water partition coefficient (Wildman–Crippen LogP) is 3.63. The van der Waals surface area contributed by atoms with Gasteiger partial charge in [0.15, 0.2) is 6.61 Å². The van der Waals surface area contributed by atoms with Crippen molar-refractivity contribution in [3.05, 3.63) is 81.0 Å². The first-order valence-electron chi connectivity index (χ1n) is 10.9. The van der Waals surface area contributed by atoms with E-state index in [1.807, 2.05) is 12.1 Å². The highest BCUT2D eigenvalue weighted by atomic mass is 16.6. The number of imide groups is 1. The van der Waals surface area contributed by atoms with Crippen LogP contribution in [0.15, 0.2) is 48.5 Å². The number of nitrogens with one attached hydrogen (secondary N) is 2. The number of fused-ring (bicyclic) bond motifs is 2. The summed E-state index contributed by atoms with van der Waals surface area (Å²) >= 11 is 0. The summed E-state index contributed by atoms with van der Waals surface area (Å²) in [4.78, 5) is 51.7. The molecule has 1 aliphatic carbocycles. The van der Waals surface area contributed by atoms with Gasteiger partial charge in [0.2, 0.25) is 0 Å². The minimum Gasteiger partial charge on any atom is -0.452 e. The standard InChI is InChI=1S/C25H22N4O6/c1-26-25(32)28-21(30)14-35-24(31)22-18-6-2-3-8-20(18)27-23-16(5-4-7-19(22)23)13-15-9-11-17(12-10-15)29(33)34/h2-3,6,8-13H,4-5,7,14H2,1H3,(H2,26,28,30,32)/b16-13-. The van der Waals surface area contributed by atoms with Gasteiger partial charge < -0.3 is 10.1 Å². The number of allylic oxidation sites excluding steroid dienone is 1. The molecule has 2 aromatic carbocycles. The summed E-state index contributed by atoms with van der Waals surface area (Å²) in [6.07, 6.45) is 4.00. The van der Waals surface area contributed by atoms with Crippen molar-refractivity contribution in [2.24, 2.45) is 0 Å². The van der Waals surface area contributed by atoms with Crippen molar-refractivity contribution in [1.82, 2.24) is 15.6 Å². The minimum absolute atomic E-state index is 0.00537. The third-order valence-corrected chi connectivity index (χ3v) is 5.63. The number of ether oxygens (including phenoxy) is 1. The number of amides is 3. The second-order valence-corrected chi connectivity index (χ2v) is 7.91. The van der Waals surface area contributed by atoms with E-state index in [-0.39, 0.29) is 5.69 Å². The summed E-state index contributed by atoms with van der Waals surface area (Å²) < 4.78 is 5.26. The van der Waals surface area contributed by atoms with Crippen molar-refractivity contribution in [2.45, 2.75) is 19.3 Å². The van der Waals surface area contributed by atoms with Gasteiger partial charge in [0, 0.05) is 24.6 Å². The number of para-hydroxylation sites is 1. The zero-order valence-corrected chi connectivity index (χ0v) is 18.9. The van der Waals surface area contributed by atoms with Crippen molar-refractivity contribution in [3.63, 3.8) is 0 Å². The van der Waals surface area contributed by atoms with Crippen LogP contribution in [0.2, 0.25) is 0 Å². The highest BCUT2D eigenvalue weighted by Crippen LogP contribution is 2.36. The Balaban J connectivity index is 1.71. The molecule has 1 heterocycles. The zero-order valence-electron chi connectivity index (χ0n) is 18.9. The molecule has 0 spiro atoms. The van der Waals surface area contributed by atoms with E-state index in [4.69, 9.17) is 9.72 Å². The van der Waals surface area contributed by atoms with Crippen LogP contribution in [0.5, 0.6) is 0 Å². The van der Waals surface area contributed by atoms with Crippen LogP contribution in [0.25, 0.3) is 22.6 Å². The summed E-state index contributed by atoms with van der Waals surface area (Å²) in [6, 6.07) is 12.7. The van der Waals surface area contributed by atoms with Crippen LogP contribution >= 0.6 is 0 Å². The van der Waals surface area contributed by atoms with Gasteiger partial charge in [0.1, 0.15) is 0 Å². The lowest BCUT2D eigenvalue weighted by molar-refractivity contribution is -0.384. The summed E-state index contributed by atoms with van der Waals surface area (Å²) in [5.74, 6) is -1.42. The van der Waals surface area contributed by atoms with Gasteiger partial charge in [0.05, 0.1) is 21.7 Å². The summed E-state index contributed by atoms with van der Waals surface area (Å²) in [6.45, 7) is -0.608. The van der Waals surface area contributed by atoms with Crippen LogP contribution in [0.3, 0.4) is 0 Å². The fraction of sp³-hybridized carbons (Fsp3) is 0.200. The molecule has 1 aliphatic rings. The SMILES string of the molecule is CNC(=O)NC(=O)COC(=O)c1c2c(nc3ccccc13)/C(=C\c1ccc([N+](=O)[O-])cc1)CCC2. The molecule has 0 radical (unpaired) electrons. The van der Waals surface area contributed by atoms with E-state index in [9.17, 15) is 24.5 Å². The maximum Gasteiger partial charge on any atom is 0.339 e. The number of pyridine rings is 1. The van der Waals surface area contributed by atoms with Crippen LogP contribution in [-0.4, -0.2) is 41.5 Å². The number of carbonyl (C=O) groups is 3. The molecule has 2 N–H and O–H groups in total. The summed E-state index contributed by atoms with van der Waals surface area (Å²) in [7, 11) is 1.37. The average molecular weight is 474 g/mol. The maximum atomic E-state index is 13.1. The van der Waals surface area contributed by atoms with Crippen LogP contribution in [0, 0.1) is 10.1 Å². The van der Waals surface area contributed by atoms with Crippen molar-refractivity contribution in [1.29, 1.82) is 0 Å². The van der Waals surface area contributed by atoms with E-state index in [0.29, 0.717) is 28.6 Å². The van der Waals surface area contributed by atoms with Gasteiger partial charge in [-0.1, -0.05) is 18.2 Å². The second kappa shape index (κ2) is 10.1. The number of hydrogen-bond acceptors (Lipinski definition) is 7. The molecule has 0 bridgehead atoms. The molecule has 3 aromatic rings. The van der Waals surface area contributed by atoms with Gasteiger partial charge in [-0.05, 0) is 60.2 Å². The number of rotatable bonds is 5. The summed E-state index contributed by atoms with van der Waals surface area (Å²) in [5.41, 5.74) is 4.01. The number of nitro groups is 1. The lowest BCUT2D eigenvalue weighted by Gasteiger charge is -2.22. The Labute approximate surface area is 200 Å². The summed E-state index contributed by atoms with van der Waals surface area (Å²) in [5, 5.41) is 15.9. The lowest BCUT2D eigenvalue weighted by atomic mass is 9.86. The Morgan fingerprint density at radius 3 is 2.57 bits per heavy atom. The molecule has 0 unspecified atom stereocenters. The molecular formula is C25H22N4O6. The number of esters is 1. The Morgan fingerprint density at radius 2 is 1.86 bits per heavy atom. The van der Waals surface area contributed by atoms with Gasteiger partial charge >= 0.3 is 12.0 Å². The maximum absolute atomic E-state index is 13.1. The topological polar surface area (TPSA) is 141 Å². The molecule has 10 nitrogen and oxygen atoms in total. The highest BCUT2D eigenvalue weighted by molar-refractivity contribution is 6.07. The third-order valence-electron chi connectivity index (χ3n) is 5.63. The molecular weight excluding hydrogens is 452 g/mol. The number of aromatic nitrogens is 1. The van der Waals surface area contributed by atoms with Crippen LogP contribution in [0.1, 0.15) is 40.0 Å². The van der Waals surface area contributed by atoms with E-state index in [2.05, 4.69) is 10.6 Å². The van der Waals surface area contributed by atoms with Crippen LogP contribution < -0.4 is 10.6 Å². The molecule has 0 aliphatic heterocycles. The molecule has 10 heteroatoms. The van der Waals surface area contributed by atoms with Gasteiger partial charge in [0.25, 0.3) is 11.6 Å². The van der Waals surface area contributed by atoms with Gasteiger partial charge in [-0.25, -0.2) is 14.6 Å². The number of nitrogens with zero attached hydrogens (tertiary/aromatic N) is 2. The monoisotopic (exact) mass is 474 g/mol. The van der Waals surface area contributed by atoms with E-state index < -0.39 is 29.4 Å². The minimum atomic E-state index is -0.747. The Morgan fingerprint density at radius 1 is 1.11 bits per heavy atom. The van der Waals surface area contributed by atoms with E-state index >= 15 is 0 Å². The van der Waals surface area contributed by atoms with Crippen LogP contribution in [-0.2, 0) is 16.0 Å². The predicted molar refractivity (Wildman–Crippen MR) is 129 cm³/mol. The molecule has 35 heavy (non-hydrogen) atoms. The third kappa shape index (κ3) is 5.16. The first kappa shape index (κ1) is 23.6. The van der Waals surface area contributed by atoms with E-state index in [1.54, 1.807) is 30.3 Å².